The van der Waals surface area contributed by atoms with Crippen LogP contribution in [0.1, 0.15) is 5.56 Å². The molecule has 1 N–H and O–H groups in total. The third-order valence-electron chi connectivity index (χ3n) is 1.60. The van der Waals surface area contributed by atoms with E-state index in [1.165, 1.54) is 0 Å². The van der Waals surface area contributed by atoms with E-state index in [9.17, 15) is 13.2 Å². The summed E-state index contributed by atoms with van der Waals surface area (Å²) in [5.41, 5.74) is -2.41. The summed E-state index contributed by atoms with van der Waals surface area (Å²) < 4.78 is 36.7. The van der Waals surface area contributed by atoms with E-state index in [1.807, 2.05) is 0 Å². The molecule has 0 radical (unpaired) electrons. The maximum atomic E-state index is 12.2. The molecule has 1 aliphatic heterocycles. The Hall–Kier alpha value is -1.11. The van der Waals surface area contributed by atoms with Gasteiger partial charge < -0.3 is 0 Å². The average Bonchev–Trinajstić information content (AvgIpc) is 2.61. The van der Waals surface area contributed by atoms with Crippen LogP contribution in [0.4, 0.5) is 13.2 Å². The summed E-state index contributed by atoms with van der Waals surface area (Å²) in [7, 11) is 0. The fourth-order valence-electron chi connectivity index (χ4n) is 0.884. The van der Waals surface area contributed by atoms with Crippen molar-refractivity contribution in [2.24, 2.45) is 10.2 Å². The van der Waals surface area contributed by atoms with Gasteiger partial charge in [-0.25, -0.2) is 0 Å². The molecule has 0 bridgehead atoms. The van der Waals surface area contributed by atoms with E-state index in [0.29, 0.717) is 0 Å². The fourth-order valence-corrected chi connectivity index (χ4v) is 0.884. The van der Waals surface area contributed by atoms with Gasteiger partial charge in [-0.2, -0.15) is 18.3 Å². The van der Waals surface area contributed by atoms with E-state index in [0.717, 1.165) is 12.4 Å². The number of nitrogens with zero attached hydrogens (tertiary/aromatic N) is 3. The molecular formula is C5H4ClF3N4. The van der Waals surface area contributed by atoms with Crippen molar-refractivity contribution in [3.05, 3.63) is 18.0 Å². The number of aromatic nitrogens is 2. The first-order chi connectivity index (χ1) is 5.56. The van der Waals surface area contributed by atoms with Crippen molar-refractivity contribution in [1.82, 2.24) is 10.2 Å². The molecule has 4 nitrogen and oxygen atoms in total. The summed E-state index contributed by atoms with van der Waals surface area (Å²) in [6, 6.07) is 0. The van der Waals surface area contributed by atoms with Crippen LogP contribution in [0.15, 0.2) is 22.6 Å². The molecule has 13 heavy (non-hydrogen) atoms. The summed E-state index contributed by atoms with van der Waals surface area (Å²) in [6.45, 7) is 0. The van der Waals surface area contributed by atoms with Crippen LogP contribution in [0.3, 0.4) is 0 Å². The van der Waals surface area contributed by atoms with Gasteiger partial charge in [0.2, 0.25) is 0 Å². The zero-order valence-electron chi connectivity index (χ0n) is 6.04. The van der Waals surface area contributed by atoms with Crippen LogP contribution in [0, 0.1) is 0 Å². The van der Waals surface area contributed by atoms with Gasteiger partial charge >= 0.3 is 11.8 Å². The van der Waals surface area contributed by atoms with E-state index < -0.39 is 11.8 Å². The van der Waals surface area contributed by atoms with E-state index in [4.69, 9.17) is 0 Å². The molecule has 2 heterocycles. The lowest BCUT2D eigenvalue weighted by Gasteiger charge is -2.11. The van der Waals surface area contributed by atoms with Gasteiger partial charge in [0, 0.05) is 6.20 Å². The van der Waals surface area contributed by atoms with Gasteiger partial charge in [-0.1, -0.05) is 0 Å². The molecule has 0 unspecified atom stereocenters. The van der Waals surface area contributed by atoms with Gasteiger partial charge in [0.05, 0.1) is 11.8 Å². The number of hydrogen-bond acceptors (Lipinski definition) is 3. The van der Waals surface area contributed by atoms with Crippen molar-refractivity contribution in [2.75, 3.05) is 0 Å². The van der Waals surface area contributed by atoms with Gasteiger partial charge in [0.1, 0.15) is 0 Å². The predicted molar refractivity (Wildman–Crippen MR) is 38.4 cm³/mol. The van der Waals surface area contributed by atoms with E-state index >= 15 is 0 Å². The summed E-state index contributed by atoms with van der Waals surface area (Å²) >= 11 is 0. The van der Waals surface area contributed by atoms with Crippen LogP contribution in [-0.2, 0) is 5.66 Å². The van der Waals surface area contributed by atoms with Crippen LogP contribution < -0.4 is 0 Å². The lowest BCUT2D eigenvalue weighted by molar-refractivity contribution is -0.166. The summed E-state index contributed by atoms with van der Waals surface area (Å²) in [5.74, 6) is 0. The number of rotatable bonds is 1. The summed E-state index contributed by atoms with van der Waals surface area (Å²) in [5, 5.41) is 11.7. The highest BCUT2D eigenvalue weighted by molar-refractivity contribution is 5.85. The second-order valence-electron chi connectivity index (χ2n) is 2.36. The van der Waals surface area contributed by atoms with Crippen molar-refractivity contribution in [2.45, 2.75) is 11.8 Å². The Morgan fingerprint density at radius 1 is 1.31 bits per heavy atom. The van der Waals surface area contributed by atoms with Crippen LogP contribution in [-0.4, -0.2) is 16.4 Å². The number of hydrogen-bond donors (Lipinski definition) is 1. The minimum atomic E-state index is -4.46. The number of alkyl halides is 3. The van der Waals surface area contributed by atoms with Gasteiger partial charge in [0.15, 0.2) is 0 Å². The van der Waals surface area contributed by atoms with Gasteiger partial charge in [-0.3, -0.25) is 5.10 Å². The largest absolute Gasteiger partial charge is 0.442 e. The minimum Gasteiger partial charge on any atom is -0.285 e. The number of H-pyrrole nitrogens is 1. The highest BCUT2D eigenvalue weighted by Crippen LogP contribution is 2.51. The van der Waals surface area contributed by atoms with Crippen LogP contribution in [0.2, 0.25) is 0 Å². The Kier molecular flexibility index (Phi) is 2.07. The van der Waals surface area contributed by atoms with Crippen molar-refractivity contribution in [3.8, 4) is 0 Å². The molecule has 1 aromatic heterocycles. The molecule has 0 saturated carbocycles. The SMILES string of the molecule is Cl.FC(F)(F)C1(c2cn[nH]c2)N=N1. The monoisotopic (exact) mass is 212 g/mol. The molecule has 0 aliphatic carbocycles. The van der Waals surface area contributed by atoms with E-state index in [1.54, 1.807) is 0 Å². The Labute approximate surface area is 76.6 Å². The Balaban J connectivity index is 0.000000845. The number of halogens is 4. The minimum absolute atomic E-state index is 0. The van der Waals surface area contributed by atoms with Crippen LogP contribution in [0.25, 0.3) is 0 Å². The summed E-state index contributed by atoms with van der Waals surface area (Å²) in [6.07, 6.45) is -2.27. The molecule has 0 spiro atoms. The lowest BCUT2D eigenvalue weighted by atomic mass is 10.1. The molecule has 2 rings (SSSR count). The highest BCUT2D eigenvalue weighted by atomic mass is 35.5. The topological polar surface area (TPSA) is 53.4 Å². The molecule has 0 saturated heterocycles. The first-order valence-corrected chi connectivity index (χ1v) is 3.06. The van der Waals surface area contributed by atoms with Crippen molar-refractivity contribution in [3.63, 3.8) is 0 Å². The Morgan fingerprint density at radius 2 is 1.92 bits per heavy atom. The fraction of sp³-hybridized carbons (Fsp3) is 0.400. The molecule has 0 aromatic carbocycles. The van der Waals surface area contributed by atoms with Crippen molar-refractivity contribution >= 4 is 12.4 Å². The molecular weight excluding hydrogens is 209 g/mol. The molecule has 72 valence electrons. The quantitative estimate of drug-likeness (QED) is 0.761. The van der Waals surface area contributed by atoms with E-state index in [-0.39, 0.29) is 18.0 Å². The zero-order valence-corrected chi connectivity index (χ0v) is 6.85. The third kappa shape index (κ3) is 1.28. The zero-order chi connectivity index (χ0) is 8.82. The number of aromatic amines is 1. The predicted octanol–water partition coefficient (Wildman–Crippen LogP) is 2.01. The maximum absolute atomic E-state index is 12.2. The Bertz CT molecular complexity index is 311. The summed E-state index contributed by atoms with van der Waals surface area (Å²) in [4.78, 5) is 0. The smallest absolute Gasteiger partial charge is 0.285 e. The molecule has 1 aliphatic rings. The van der Waals surface area contributed by atoms with Gasteiger partial charge in [-0.05, 0) is 0 Å². The maximum Gasteiger partial charge on any atom is 0.442 e. The second-order valence-corrected chi connectivity index (χ2v) is 2.36. The van der Waals surface area contributed by atoms with Crippen LogP contribution in [0.5, 0.6) is 0 Å². The van der Waals surface area contributed by atoms with Gasteiger partial charge in [-0.15, -0.1) is 22.6 Å². The van der Waals surface area contributed by atoms with Gasteiger partial charge in [0.25, 0.3) is 0 Å². The molecule has 0 fully saturated rings. The Morgan fingerprint density at radius 3 is 2.23 bits per heavy atom. The van der Waals surface area contributed by atoms with Crippen molar-refractivity contribution in [1.29, 1.82) is 0 Å². The first-order valence-electron chi connectivity index (χ1n) is 3.06. The first kappa shape index (κ1) is 9.97. The molecule has 8 heteroatoms. The third-order valence-corrected chi connectivity index (χ3v) is 1.60. The standard InChI is InChI=1S/C5H3F3N4.ClH/c6-5(7,8)4(11-12-4)3-1-9-10-2-3;/h1-2H,(H,9,10);1H. The normalized spacial score (nSPS) is 18.1. The lowest BCUT2D eigenvalue weighted by Crippen LogP contribution is -2.29. The van der Waals surface area contributed by atoms with E-state index in [2.05, 4.69) is 20.4 Å². The molecule has 0 amide bonds. The molecule has 1 aromatic rings. The highest BCUT2D eigenvalue weighted by Gasteiger charge is 2.65. The van der Waals surface area contributed by atoms with Crippen molar-refractivity contribution < 1.29 is 13.2 Å². The van der Waals surface area contributed by atoms with Crippen LogP contribution >= 0.6 is 12.4 Å². The average molecular weight is 213 g/mol. The number of nitrogens with one attached hydrogen (secondary N) is 1. The second kappa shape index (κ2) is 2.69. The molecule has 0 atom stereocenters.